The molecule has 0 bridgehead atoms. The van der Waals surface area contributed by atoms with Crippen molar-refractivity contribution >= 4 is 44.3 Å². The van der Waals surface area contributed by atoms with E-state index in [1.807, 2.05) is 6.92 Å². The van der Waals surface area contributed by atoms with E-state index in [1.165, 1.54) is 12.3 Å². The Morgan fingerprint density at radius 3 is 2.70 bits per heavy atom. The molecule has 0 fully saturated rings. The number of pyridine rings is 2. The van der Waals surface area contributed by atoms with E-state index in [9.17, 15) is 9.59 Å². The third kappa shape index (κ3) is 5.16. The van der Waals surface area contributed by atoms with Crippen LogP contribution in [0.25, 0.3) is 10.9 Å². The summed E-state index contributed by atoms with van der Waals surface area (Å²) in [5, 5.41) is 3.60. The van der Waals surface area contributed by atoms with Crippen LogP contribution in [0.2, 0.25) is 5.02 Å². The Bertz CT molecular complexity index is 1020. The molecule has 0 aliphatic carbocycles. The van der Waals surface area contributed by atoms with Gasteiger partial charge in [0.2, 0.25) is 0 Å². The first-order chi connectivity index (χ1) is 12.5. The number of rotatable bonds is 5. The molecule has 2 aromatic heterocycles. The van der Waals surface area contributed by atoms with Crippen LogP contribution in [-0.2, 0) is 39.3 Å². The van der Waals surface area contributed by atoms with E-state index in [0.29, 0.717) is 21.7 Å². The monoisotopic (exact) mass is 523 g/mol. The Morgan fingerprint density at radius 1 is 1.33 bits per heavy atom. The molecule has 2 heterocycles. The van der Waals surface area contributed by atoms with E-state index in [-0.39, 0.29) is 56.1 Å². The fraction of sp³-hybridized carbons (Fsp3) is 0.167. The van der Waals surface area contributed by atoms with E-state index >= 15 is 0 Å². The molecule has 0 saturated carbocycles. The van der Waals surface area contributed by atoms with Gasteiger partial charge < -0.3 is 15.0 Å². The van der Waals surface area contributed by atoms with Crippen molar-refractivity contribution in [2.45, 2.75) is 13.5 Å². The summed E-state index contributed by atoms with van der Waals surface area (Å²) in [5.41, 5.74) is 0.739. The number of amides is 1. The molecule has 0 unspecified atom stereocenters. The zero-order chi connectivity index (χ0) is 18.7. The molecule has 1 radical (unpaired) electrons. The van der Waals surface area contributed by atoms with Gasteiger partial charge in [-0.3, -0.25) is 9.59 Å². The molecular weight excluding hydrogens is 510 g/mol. The Kier molecular flexibility index (Phi) is 7.97. The smallest absolute Gasteiger partial charge is 0.253 e. The molecule has 9 heteroatoms. The topological polar surface area (TPSA) is 82.4 Å². The van der Waals surface area contributed by atoms with Gasteiger partial charge in [-0.05, 0) is 46.6 Å². The number of carbonyl (C=O) groups excluding carboxylic acids is 1. The summed E-state index contributed by atoms with van der Waals surface area (Å²) in [4.78, 5) is 33.5. The number of fused-ring (bicyclic) bond motifs is 1. The number of carbonyl (C=O) groups is 1. The van der Waals surface area contributed by atoms with Gasteiger partial charge in [0.25, 0.3) is 5.91 Å². The maximum atomic E-state index is 12.7. The minimum absolute atomic E-state index is 0. The van der Waals surface area contributed by atoms with Crippen LogP contribution in [0.15, 0.2) is 45.9 Å². The summed E-state index contributed by atoms with van der Waals surface area (Å²) < 4.78 is 5.85. The Balaban J connectivity index is 0.00000261. The number of nitrogens with zero attached hydrogens (tertiary/aromatic N) is 2. The molecule has 0 aliphatic heterocycles. The van der Waals surface area contributed by atoms with Crippen LogP contribution < -0.4 is 20.5 Å². The van der Waals surface area contributed by atoms with Crippen LogP contribution in [0.5, 0.6) is 5.88 Å². The first kappa shape index (κ1) is 22.0. The zero-order valence-corrected chi connectivity index (χ0v) is 19.5. The second-order valence-corrected chi connectivity index (χ2v) is 6.64. The van der Waals surface area contributed by atoms with Gasteiger partial charge in [-0.15, -0.1) is 0 Å². The average Bonchev–Trinajstić information content (AvgIpc) is 2.62. The van der Waals surface area contributed by atoms with Crippen molar-refractivity contribution < 1.29 is 42.2 Å². The maximum absolute atomic E-state index is 12.7. The number of nitrogens with one attached hydrogen (secondary N) is 1. The first-order valence-electron chi connectivity index (χ1n) is 7.81. The van der Waals surface area contributed by atoms with E-state index in [4.69, 9.17) is 16.3 Å². The molecule has 6 nitrogen and oxygen atoms in total. The Hall–Kier alpha value is -1.28. The Morgan fingerprint density at radius 2 is 2.04 bits per heavy atom. The molecule has 3 aromatic rings. The summed E-state index contributed by atoms with van der Waals surface area (Å²) in [6.45, 7) is 2.47. The van der Waals surface area contributed by atoms with Crippen molar-refractivity contribution in [2.24, 2.45) is 0 Å². The summed E-state index contributed by atoms with van der Waals surface area (Å²) in [6.07, 6.45) is 1.25. The molecule has 27 heavy (non-hydrogen) atoms. The zero-order valence-electron chi connectivity index (χ0n) is 14.3. The molecule has 0 saturated heterocycles. The fourth-order valence-electron chi connectivity index (χ4n) is 2.39. The Labute approximate surface area is 194 Å². The molecule has 1 aromatic carbocycles. The minimum atomic E-state index is -0.495. The number of hydrogen-bond acceptors (Lipinski definition) is 4. The van der Waals surface area contributed by atoms with Crippen LogP contribution >= 0.6 is 27.5 Å². The van der Waals surface area contributed by atoms with E-state index in [0.717, 1.165) is 5.56 Å². The van der Waals surface area contributed by atoms with Crippen LogP contribution in [0.3, 0.4) is 0 Å². The van der Waals surface area contributed by atoms with Crippen molar-refractivity contribution in [3.8, 4) is 5.88 Å². The number of hydrogen-bond donors (Lipinski definition) is 1. The van der Waals surface area contributed by atoms with Gasteiger partial charge in [-0.25, -0.2) is 4.98 Å². The molecule has 1 N–H and O–H groups in total. The second kappa shape index (κ2) is 9.78. The fourth-order valence-corrected chi connectivity index (χ4v) is 2.91. The minimum Gasteiger partial charge on any atom is -0.658 e. The predicted octanol–water partition coefficient (Wildman–Crippen LogP) is 3.29. The molecule has 0 aliphatic rings. The third-order valence-electron chi connectivity index (χ3n) is 3.63. The standard InChI is InChI=1S/C18H15BrClN3O3.Y/c1-2-26-18-15-12(7-14(19)23-18)16(24)13(9-21-15)17(25)22-8-10-3-5-11(20)6-4-10;/h3-7,9H,2,8H2,1H3,(H2,21,22,24,25);/p-1. The van der Waals surface area contributed by atoms with Gasteiger partial charge in [0, 0.05) is 49.7 Å². The summed E-state index contributed by atoms with van der Waals surface area (Å²) in [6, 6.07) is 8.61. The molecule has 3 rings (SSSR count). The van der Waals surface area contributed by atoms with Gasteiger partial charge in [-0.2, -0.15) is 6.20 Å². The first-order valence-corrected chi connectivity index (χ1v) is 8.98. The molecule has 1 amide bonds. The second-order valence-electron chi connectivity index (χ2n) is 5.39. The number of halogens is 2. The van der Waals surface area contributed by atoms with Gasteiger partial charge in [0.15, 0.2) is 11.3 Å². The third-order valence-corrected chi connectivity index (χ3v) is 4.29. The van der Waals surface area contributed by atoms with E-state index in [1.54, 1.807) is 24.3 Å². The van der Waals surface area contributed by atoms with Crippen molar-refractivity contribution in [1.29, 1.82) is 0 Å². The van der Waals surface area contributed by atoms with Crippen LogP contribution in [0.4, 0.5) is 0 Å². The largest absolute Gasteiger partial charge is 0.658 e. The molecule has 137 valence electrons. The van der Waals surface area contributed by atoms with E-state index in [2.05, 4.69) is 31.2 Å². The van der Waals surface area contributed by atoms with Gasteiger partial charge >= 0.3 is 0 Å². The van der Waals surface area contributed by atoms with E-state index < -0.39 is 11.3 Å². The van der Waals surface area contributed by atoms with Crippen molar-refractivity contribution in [1.82, 2.24) is 15.3 Å². The number of ether oxygens (including phenoxy) is 1. The van der Waals surface area contributed by atoms with Gasteiger partial charge in [0.1, 0.15) is 4.60 Å². The SMILES string of the molecule is CCOc1nc(Br)cc2c(=O)c(C(=O)NCc3ccc(Cl)cc3)c[n-]c12.[Y]. The maximum Gasteiger partial charge on any atom is 0.253 e. The van der Waals surface area contributed by atoms with Crippen molar-refractivity contribution in [3.63, 3.8) is 0 Å². The van der Waals surface area contributed by atoms with Crippen LogP contribution in [0, 0.1) is 0 Å². The molecule has 0 atom stereocenters. The summed E-state index contributed by atoms with van der Waals surface area (Å²) in [7, 11) is 0. The van der Waals surface area contributed by atoms with Crippen LogP contribution in [0.1, 0.15) is 22.8 Å². The summed E-state index contributed by atoms with van der Waals surface area (Å²) >= 11 is 9.09. The quantitative estimate of drug-likeness (QED) is 0.518. The number of benzene rings is 1. The molecule has 0 spiro atoms. The predicted molar refractivity (Wildman–Crippen MR) is 103 cm³/mol. The van der Waals surface area contributed by atoms with Crippen molar-refractivity contribution in [3.05, 3.63) is 67.5 Å². The normalized spacial score (nSPS) is 10.3. The summed E-state index contributed by atoms with van der Waals surface area (Å²) in [5.74, 6) is -0.243. The van der Waals surface area contributed by atoms with Crippen LogP contribution in [-0.4, -0.2) is 17.5 Å². The molecular formula is C18H14BrClN3O3Y-. The number of aromatic nitrogens is 2. The van der Waals surface area contributed by atoms with Gasteiger partial charge in [-0.1, -0.05) is 29.3 Å². The van der Waals surface area contributed by atoms with Gasteiger partial charge in [0.05, 0.1) is 12.2 Å². The van der Waals surface area contributed by atoms with Crippen molar-refractivity contribution in [2.75, 3.05) is 6.61 Å². The average molecular weight is 525 g/mol.